The van der Waals surface area contributed by atoms with Gasteiger partial charge in [-0.05, 0) is 19.8 Å². The van der Waals surface area contributed by atoms with Gasteiger partial charge in [0.25, 0.3) is 0 Å². The molecule has 0 aromatic heterocycles. The number of hydrogen-bond acceptors (Lipinski definition) is 4. The molecule has 0 spiro atoms. The van der Waals surface area contributed by atoms with Gasteiger partial charge in [-0.1, -0.05) is 6.42 Å². The average molecular weight is 278 g/mol. The van der Waals surface area contributed by atoms with E-state index in [2.05, 4.69) is 5.32 Å². The van der Waals surface area contributed by atoms with E-state index in [4.69, 9.17) is 4.74 Å². The minimum absolute atomic E-state index is 0.120. The number of piperidine rings is 1. The van der Waals surface area contributed by atoms with Gasteiger partial charge in [0.1, 0.15) is 6.04 Å². The molecule has 2 atom stereocenters. The van der Waals surface area contributed by atoms with Crippen molar-refractivity contribution in [1.29, 1.82) is 0 Å². The Balaban J connectivity index is 2.69. The average Bonchev–Trinajstić information content (AvgIpc) is 2.28. The standard InChI is InChI=1S/C11H22N2O4S/c1-9(8-17-2)12-11(14)10-6-4-5-7-13(10)18(3,15)16/h9-10H,4-8H2,1-3H3,(H,12,14)/t9-,10+/m0/s1. The molecular weight excluding hydrogens is 256 g/mol. The fourth-order valence-electron chi connectivity index (χ4n) is 2.19. The molecule has 0 unspecified atom stereocenters. The summed E-state index contributed by atoms with van der Waals surface area (Å²) in [6.45, 7) is 2.67. The largest absolute Gasteiger partial charge is 0.383 e. The molecule has 1 amide bonds. The molecule has 1 aliphatic rings. The van der Waals surface area contributed by atoms with E-state index in [1.54, 1.807) is 7.11 Å². The number of nitrogens with zero attached hydrogens (tertiary/aromatic N) is 1. The van der Waals surface area contributed by atoms with E-state index < -0.39 is 16.1 Å². The van der Waals surface area contributed by atoms with Gasteiger partial charge in [0.15, 0.2) is 0 Å². The maximum absolute atomic E-state index is 12.1. The van der Waals surface area contributed by atoms with Gasteiger partial charge in [-0.3, -0.25) is 4.79 Å². The molecule has 18 heavy (non-hydrogen) atoms. The monoisotopic (exact) mass is 278 g/mol. The third kappa shape index (κ3) is 4.22. The van der Waals surface area contributed by atoms with Gasteiger partial charge < -0.3 is 10.1 Å². The van der Waals surface area contributed by atoms with Gasteiger partial charge in [-0.25, -0.2) is 8.42 Å². The van der Waals surface area contributed by atoms with Crippen LogP contribution in [-0.4, -0.2) is 57.2 Å². The molecular formula is C11H22N2O4S. The molecule has 0 aromatic carbocycles. The molecule has 106 valence electrons. The van der Waals surface area contributed by atoms with Gasteiger partial charge in [-0.15, -0.1) is 0 Å². The molecule has 0 bridgehead atoms. The molecule has 1 heterocycles. The lowest BCUT2D eigenvalue weighted by Gasteiger charge is -2.33. The summed E-state index contributed by atoms with van der Waals surface area (Å²) in [7, 11) is -1.77. The van der Waals surface area contributed by atoms with Crippen LogP contribution in [-0.2, 0) is 19.6 Å². The predicted molar refractivity (Wildman–Crippen MR) is 68.7 cm³/mol. The van der Waals surface area contributed by atoms with Gasteiger partial charge in [0.05, 0.1) is 12.9 Å². The quantitative estimate of drug-likeness (QED) is 0.765. The van der Waals surface area contributed by atoms with Crippen LogP contribution >= 0.6 is 0 Å². The summed E-state index contributed by atoms with van der Waals surface area (Å²) in [6, 6.07) is -0.695. The van der Waals surface area contributed by atoms with Gasteiger partial charge in [-0.2, -0.15) is 4.31 Å². The van der Waals surface area contributed by atoms with Crippen molar-refractivity contribution in [3.63, 3.8) is 0 Å². The van der Waals surface area contributed by atoms with E-state index in [9.17, 15) is 13.2 Å². The lowest BCUT2D eigenvalue weighted by atomic mass is 10.0. The fraction of sp³-hybridized carbons (Fsp3) is 0.909. The highest BCUT2D eigenvalue weighted by Crippen LogP contribution is 2.20. The second-order valence-electron chi connectivity index (χ2n) is 4.75. The van der Waals surface area contributed by atoms with E-state index in [0.29, 0.717) is 19.6 Å². The molecule has 1 saturated heterocycles. The fourth-order valence-corrected chi connectivity index (χ4v) is 3.32. The Morgan fingerprint density at radius 3 is 2.72 bits per heavy atom. The summed E-state index contributed by atoms with van der Waals surface area (Å²) in [6.07, 6.45) is 3.42. The van der Waals surface area contributed by atoms with Crippen LogP contribution in [0.1, 0.15) is 26.2 Å². The minimum atomic E-state index is -3.33. The Kier molecular flexibility index (Phi) is 5.55. The minimum Gasteiger partial charge on any atom is -0.383 e. The molecule has 7 heteroatoms. The third-order valence-corrected chi connectivity index (χ3v) is 4.28. The number of sulfonamides is 1. The molecule has 1 aliphatic heterocycles. The Hall–Kier alpha value is -0.660. The van der Waals surface area contributed by atoms with Crippen LogP contribution in [0.25, 0.3) is 0 Å². The number of methoxy groups -OCH3 is 1. The zero-order valence-electron chi connectivity index (χ0n) is 11.2. The molecule has 1 fully saturated rings. The van der Waals surface area contributed by atoms with Crippen LogP contribution in [0.5, 0.6) is 0 Å². The number of rotatable bonds is 5. The zero-order chi connectivity index (χ0) is 13.8. The summed E-state index contributed by atoms with van der Waals surface area (Å²) < 4.78 is 29.5. The highest BCUT2D eigenvalue weighted by Gasteiger charge is 2.34. The first kappa shape index (κ1) is 15.4. The Bertz CT molecular complexity index is 383. The van der Waals surface area contributed by atoms with Crippen molar-refractivity contribution < 1.29 is 17.9 Å². The van der Waals surface area contributed by atoms with Crippen molar-refractivity contribution in [2.75, 3.05) is 26.5 Å². The number of carbonyl (C=O) groups is 1. The second kappa shape index (κ2) is 6.49. The van der Waals surface area contributed by atoms with Crippen LogP contribution in [0.3, 0.4) is 0 Å². The third-order valence-electron chi connectivity index (χ3n) is 2.99. The van der Waals surface area contributed by atoms with E-state index in [0.717, 1.165) is 19.1 Å². The van der Waals surface area contributed by atoms with Crippen molar-refractivity contribution in [1.82, 2.24) is 9.62 Å². The maximum atomic E-state index is 12.1. The highest BCUT2D eigenvalue weighted by molar-refractivity contribution is 7.88. The Labute approximate surface area is 109 Å². The van der Waals surface area contributed by atoms with Crippen molar-refractivity contribution in [2.45, 2.75) is 38.3 Å². The number of hydrogen-bond donors (Lipinski definition) is 1. The van der Waals surface area contributed by atoms with Crippen LogP contribution in [0.2, 0.25) is 0 Å². The Morgan fingerprint density at radius 2 is 2.17 bits per heavy atom. The van der Waals surface area contributed by atoms with Crippen LogP contribution in [0.15, 0.2) is 0 Å². The first-order valence-electron chi connectivity index (χ1n) is 6.12. The van der Waals surface area contributed by atoms with Crippen molar-refractivity contribution >= 4 is 15.9 Å². The topological polar surface area (TPSA) is 75.7 Å². The van der Waals surface area contributed by atoms with Crippen molar-refractivity contribution in [2.24, 2.45) is 0 Å². The summed E-state index contributed by atoms with van der Waals surface area (Å²) in [4.78, 5) is 12.1. The number of ether oxygens (including phenoxy) is 1. The molecule has 6 nitrogen and oxygen atoms in total. The summed E-state index contributed by atoms with van der Waals surface area (Å²) in [5, 5.41) is 2.78. The first-order chi connectivity index (χ1) is 8.36. The normalized spacial score (nSPS) is 23.6. The maximum Gasteiger partial charge on any atom is 0.238 e. The van der Waals surface area contributed by atoms with Gasteiger partial charge in [0, 0.05) is 19.7 Å². The summed E-state index contributed by atoms with van der Waals surface area (Å²) in [5.41, 5.74) is 0. The van der Waals surface area contributed by atoms with Crippen LogP contribution < -0.4 is 5.32 Å². The van der Waals surface area contributed by atoms with Crippen molar-refractivity contribution in [3.05, 3.63) is 0 Å². The number of amides is 1. The zero-order valence-corrected chi connectivity index (χ0v) is 12.0. The molecule has 0 saturated carbocycles. The summed E-state index contributed by atoms with van der Waals surface area (Å²) >= 11 is 0. The first-order valence-corrected chi connectivity index (χ1v) is 7.97. The van der Waals surface area contributed by atoms with Crippen molar-refractivity contribution in [3.8, 4) is 0 Å². The van der Waals surface area contributed by atoms with E-state index in [1.807, 2.05) is 6.92 Å². The predicted octanol–water partition coefficient (Wildman–Crippen LogP) is -0.0484. The van der Waals surface area contributed by atoms with E-state index >= 15 is 0 Å². The molecule has 0 radical (unpaired) electrons. The van der Waals surface area contributed by atoms with E-state index in [-0.39, 0.29) is 11.9 Å². The van der Waals surface area contributed by atoms with Gasteiger partial charge in [0.2, 0.25) is 15.9 Å². The molecule has 0 aromatic rings. The van der Waals surface area contributed by atoms with Crippen LogP contribution in [0.4, 0.5) is 0 Å². The molecule has 1 rings (SSSR count). The lowest BCUT2D eigenvalue weighted by Crippen LogP contribution is -2.53. The van der Waals surface area contributed by atoms with Gasteiger partial charge >= 0.3 is 0 Å². The highest BCUT2D eigenvalue weighted by atomic mass is 32.2. The second-order valence-corrected chi connectivity index (χ2v) is 6.69. The SMILES string of the molecule is COC[C@H](C)NC(=O)[C@H]1CCCCN1S(C)(=O)=O. The summed E-state index contributed by atoms with van der Waals surface area (Å²) in [5.74, 6) is -0.232. The Morgan fingerprint density at radius 1 is 1.50 bits per heavy atom. The van der Waals surface area contributed by atoms with Crippen LogP contribution in [0, 0.1) is 0 Å². The molecule has 0 aliphatic carbocycles. The number of carbonyl (C=O) groups excluding carboxylic acids is 1. The number of nitrogens with one attached hydrogen (secondary N) is 1. The van der Waals surface area contributed by atoms with E-state index in [1.165, 1.54) is 4.31 Å². The smallest absolute Gasteiger partial charge is 0.238 e. The lowest BCUT2D eigenvalue weighted by molar-refractivity contribution is -0.126. The molecule has 1 N–H and O–H groups in total.